The molecule has 0 N–H and O–H groups in total. The molecule has 0 saturated carbocycles. The summed E-state index contributed by atoms with van der Waals surface area (Å²) in [4.78, 5) is 24.1. The monoisotopic (exact) mass is 357 g/mol. The first kappa shape index (κ1) is 19.8. The zero-order valence-electron chi connectivity index (χ0n) is 16.4. The van der Waals surface area contributed by atoms with Crippen molar-refractivity contribution in [2.45, 2.75) is 40.5 Å². The van der Waals surface area contributed by atoms with E-state index in [2.05, 4.69) is 13.8 Å². The van der Waals surface area contributed by atoms with Crippen LogP contribution in [0.25, 0.3) is 0 Å². The molecule has 2 aromatic rings. The fourth-order valence-corrected chi connectivity index (χ4v) is 2.93. The molecule has 0 aliphatic heterocycles. The maximum absolute atomic E-state index is 12.2. The number of benzene rings is 1. The Morgan fingerprint density at radius 3 is 2.31 bits per heavy atom. The van der Waals surface area contributed by atoms with Crippen molar-refractivity contribution >= 4 is 11.8 Å². The third kappa shape index (κ3) is 4.54. The van der Waals surface area contributed by atoms with Crippen molar-refractivity contribution in [3.8, 4) is 5.75 Å². The van der Waals surface area contributed by atoms with E-state index < -0.39 is 5.97 Å². The number of nitrogens with zero attached hydrogens (tertiary/aromatic N) is 1. The second-order valence-corrected chi connectivity index (χ2v) is 6.89. The van der Waals surface area contributed by atoms with Crippen LogP contribution in [-0.2, 0) is 16.6 Å². The van der Waals surface area contributed by atoms with Crippen LogP contribution in [0.15, 0.2) is 24.3 Å². The summed E-state index contributed by atoms with van der Waals surface area (Å²) in [5.74, 6) is 0.278. The van der Waals surface area contributed by atoms with Gasteiger partial charge < -0.3 is 14.0 Å². The molecule has 0 atom stereocenters. The molecule has 0 aliphatic carbocycles. The predicted octanol–water partition coefficient (Wildman–Crippen LogP) is 3.88. The highest BCUT2D eigenvalue weighted by molar-refractivity contribution is 5.99. The number of hydrogen-bond donors (Lipinski definition) is 0. The summed E-state index contributed by atoms with van der Waals surface area (Å²) in [6.07, 6.45) is 0. The highest BCUT2D eigenvalue weighted by Crippen LogP contribution is 2.23. The van der Waals surface area contributed by atoms with Crippen LogP contribution in [0.1, 0.15) is 52.6 Å². The molecule has 0 spiro atoms. The van der Waals surface area contributed by atoms with Crippen LogP contribution in [0.5, 0.6) is 5.75 Å². The molecule has 0 saturated heterocycles. The molecular formula is C21H27NO4. The predicted molar refractivity (Wildman–Crippen MR) is 101 cm³/mol. The van der Waals surface area contributed by atoms with Gasteiger partial charge in [-0.3, -0.25) is 4.79 Å². The fourth-order valence-electron chi connectivity index (χ4n) is 2.93. The third-order valence-electron chi connectivity index (χ3n) is 4.66. The summed E-state index contributed by atoms with van der Waals surface area (Å²) in [5.41, 5.74) is 4.80. The molecule has 5 nitrogen and oxygen atoms in total. The molecule has 2 rings (SSSR count). The van der Waals surface area contributed by atoms with E-state index in [-0.39, 0.29) is 19.0 Å². The Morgan fingerprint density at radius 1 is 1.08 bits per heavy atom. The molecule has 0 bridgehead atoms. The molecule has 5 heteroatoms. The molecule has 26 heavy (non-hydrogen) atoms. The Balaban J connectivity index is 1.86. The fraction of sp³-hybridized carbons (Fsp3) is 0.429. The van der Waals surface area contributed by atoms with Crippen LogP contribution in [0.4, 0.5) is 0 Å². The van der Waals surface area contributed by atoms with E-state index in [1.807, 2.05) is 50.6 Å². The van der Waals surface area contributed by atoms with Gasteiger partial charge in [-0.1, -0.05) is 19.9 Å². The van der Waals surface area contributed by atoms with Gasteiger partial charge in [0.2, 0.25) is 5.78 Å². The minimum Gasteiger partial charge on any atom is -0.482 e. The summed E-state index contributed by atoms with van der Waals surface area (Å²) in [6, 6.07) is 7.56. The smallest absolute Gasteiger partial charge is 0.344 e. The average Bonchev–Trinajstić information content (AvgIpc) is 2.85. The Labute approximate surface area is 154 Å². The Kier molecular flexibility index (Phi) is 6.24. The van der Waals surface area contributed by atoms with Gasteiger partial charge in [-0.05, 0) is 56.0 Å². The minimum atomic E-state index is -0.561. The lowest BCUT2D eigenvalue weighted by atomic mass is 9.98. The van der Waals surface area contributed by atoms with Crippen molar-refractivity contribution in [3.63, 3.8) is 0 Å². The van der Waals surface area contributed by atoms with Crippen molar-refractivity contribution in [3.05, 3.63) is 52.3 Å². The summed E-state index contributed by atoms with van der Waals surface area (Å²) in [6.45, 7) is 9.58. The minimum absolute atomic E-state index is 0.211. The number of aryl methyl sites for hydroxylation is 2. The summed E-state index contributed by atoms with van der Waals surface area (Å²) in [7, 11) is 1.90. The highest BCUT2D eigenvalue weighted by Gasteiger charge is 2.16. The van der Waals surface area contributed by atoms with Crippen molar-refractivity contribution in [2.75, 3.05) is 13.2 Å². The molecule has 0 unspecified atom stereocenters. The summed E-state index contributed by atoms with van der Waals surface area (Å²) >= 11 is 0. The van der Waals surface area contributed by atoms with Crippen molar-refractivity contribution in [1.29, 1.82) is 0 Å². The lowest BCUT2D eigenvalue weighted by molar-refractivity contribution is -0.144. The van der Waals surface area contributed by atoms with Crippen LogP contribution in [0, 0.1) is 20.8 Å². The number of ether oxygens (including phenoxy) is 2. The van der Waals surface area contributed by atoms with E-state index in [1.165, 1.54) is 5.56 Å². The first-order valence-corrected chi connectivity index (χ1v) is 8.75. The van der Waals surface area contributed by atoms with E-state index in [9.17, 15) is 9.59 Å². The van der Waals surface area contributed by atoms with Crippen LogP contribution in [0.2, 0.25) is 0 Å². The highest BCUT2D eigenvalue weighted by atomic mass is 16.6. The van der Waals surface area contributed by atoms with Crippen molar-refractivity contribution < 1.29 is 19.1 Å². The van der Waals surface area contributed by atoms with Gasteiger partial charge in [-0.2, -0.15) is 0 Å². The first-order valence-electron chi connectivity index (χ1n) is 8.75. The number of aromatic nitrogens is 1. The van der Waals surface area contributed by atoms with Crippen LogP contribution >= 0.6 is 0 Å². The van der Waals surface area contributed by atoms with E-state index >= 15 is 0 Å². The third-order valence-corrected chi connectivity index (χ3v) is 4.66. The second-order valence-electron chi connectivity index (χ2n) is 6.89. The number of ketones is 1. The number of Topliss-reactive ketones (excluding diaryl/α,β-unsaturated/α-hetero) is 1. The number of rotatable bonds is 7. The molecule has 0 aliphatic rings. The van der Waals surface area contributed by atoms with Gasteiger partial charge in [0.15, 0.2) is 13.2 Å². The van der Waals surface area contributed by atoms with Gasteiger partial charge in [0.1, 0.15) is 5.75 Å². The summed E-state index contributed by atoms with van der Waals surface area (Å²) in [5, 5.41) is 0. The average molecular weight is 357 g/mol. The molecule has 1 heterocycles. The topological polar surface area (TPSA) is 57.5 Å². The maximum atomic E-state index is 12.2. The van der Waals surface area contributed by atoms with Gasteiger partial charge in [0, 0.05) is 24.0 Å². The Hall–Kier alpha value is -2.56. The normalized spacial score (nSPS) is 10.9. The Morgan fingerprint density at radius 2 is 1.77 bits per heavy atom. The largest absolute Gasteiger partial charge is 0.482 e. The molecule has 0 radical (unpaired) electrons. The number of hydrogen-bond acceptors (Lipinski definition) is 4. The number of carbonyl (C=O) groups excluding carboxylic acids is 2. The summed E-state index contributed by atoms with van der Waals surface area (Å²) < 4.78 is 12.5. The first-order chi connectivity index (χ1) is 12.2. The van der Waals surface area contributed by atoms with Crippen LogP contribution < -0.4 is 4.74 Å². The van der Waals surface area contributed by atoms with Crippen LogP contribution in [-0.4, -0.2) is 29.5 Å². The lowest BCUT2D eigenvalue weighted by Gasteiger charge is -2.12. The van der Waals surface area contributed by atoms with Crippen LogP contribution in [0.3, 0.4) is 0 Å². The second kappa shape index (κ2) is 8.21. The molecule has 1 aromatic carbocycles. The van der Waals surface area contributed by atoms with E-state index in [0.29, 0.717) is 17.2 Å². The van der Waals surface area contributed by atoms with E-state index in [4.69, 9.17) is 9.47 Å². The molecule has 1 aromatic heterocycles. The van der Waals surface area contributed by atoms with Gasteiger partial charge >= 0.3 is 5.97 Å². The Bertz CT molecular complexity index is 818. The molecule has 0 fully saturated rings. The SMILES string of the molecule is Cc1cc(OCC(=O)OCC(=O)c2cc(C)n(C)c2C)ccc1C(C)C. The maximum Gasteiger partial charge on any atom is 0.344 e. The van der Waals surface area contributed by atoms with Gasteiger partial charge in [0.05, 0.1) is 0 Å². The lowest BCUT2D eigenvalue weighted by Crippen LogP contribution is -2.19. The standard InChI is InChI=1S/C21H27NO4/c1-13(2)18-8-7-17(9-14(18)3)25-12-21(24)26-11-20(23)19-10-15(4)22(6)16(19)5/h7-10,13H,11-12H2,1-6H3. The van der Waals surface area contributed by atoms with E-state index in [1.54, 1.807) is 6.07 Å². The zero-order valence-corrected chi connectivity index (χ0v) is 16.4. The molecule has 0 amide bonds. The molecule has 140 valence electrons. The molecular weight excluding hydrogens is 330 g/mol. The zero-order chi connectivity index (χ0) is 19.4. The number of carbonyl (C=O) groups is 2. The van der Waals surface area contributed by atoms with E-state index in [0.717, 1.165) is 17.0 Å². The van der Waals surface area contributed by atoms with Gasteiger partial charge in [-0.15, -0.1) is 0 Å². The van der Waals surface area contributed by atoms with Gasteiger partial charge in [-0.25, -0.2) is 4.79 Å². The van der Waals surface area contributed by atoms with Crippen molar-refractivity contribution in [2.24, 2.45) is 7.05 Å². The van der Waals surface area contributed by atoms with Gasteiger partial charge in [0.25, 0.3) is 0 Å². The number of esters is 1. The quantitative estimate of drug-likeness (QED) is 0.557. The van der Waals surface area contributed by atoms with Crippen molar-refractivity contribution in [1.82, 2.24) is 4.57 Å².